The fourth-order valence-electron chi connectivity index (χ4n) is 2.82. The van der Waals surface area contributed by atoms with Crippen LogP contribution in [0.5, 0.6) is 0 Å². The van der Waals surface area contributed by atoms with Crippen LogP contribution in [-0.2, 0) is 39.9 Å². The van der Waals surface area contributed by atoms with Crippen LogP contribution >= 0.6 is 11.6 Å². The normalized spacial score (nSPS) is 21.1. The summed E-state index contributed by atoms with van der Waals surface area (Å²) >= 11 is 5.96. The Kier molecular flexibility index (Phi) is 6.13. The highest BCUT2D eigenvalue weighted by Gasteiger charge is 2.43. The van der Waals surface area contributed by atoms with E-state index in [0.29, 0.717) is 0 Å². The van der Waals surface area contributed by atoms with Gasteiger partial charge in [-0.3, -0.25) is 14.4 Å². The number of hydrogen-bond acceptors (Lipinski definition) is 11. The molecule has 156 valence electrons. The molecule has 1 aliphatic rings. The molecular formula is C16H18ClN5O7. The van der Waals surface area contributed by atoms with Crippen molar-refractivity contribution in [3.8, 4) is 0 Å². The lowest BCUT2D eigenvalue weighted by Gasteiger charge is -2.22. The molecular weight excluding hydrogens is 410 g/mol. The van der Waals surface area contributed by atoms with Crippen molar-refractivity contribution in [2.24, 2.45) is 0 Å². The second-order valence-electron chi connectivity index (χ2n) is 6.19. The lowest BCUT2D eigenvalue weighted by atomic mass is 10.1. The van der Waals surface area contributed by atoms with Gasteiger partial charge < -0.3 is 29.2 Å². The van der Waals surface area contributed by atoms with Gasteiger partial charge >= 0.3 is 17.9 Å². The third-order valence-corrected chi connectivity index (χ3v) is 4.24. The second kappa shape index (κ2) is 8.57. The Morgan fingerprint density at radius 2 is 2.03 bits per heavy atom. The van der Waals surface area contributed by atoms with Crippen molar-refractivity contribution in [3.63, 3.8) is 0 Å². The van der Waals surface area contributed by atoms with Gasteiger partial charge in [0.2, 0.25) is 5.95 Å². The van der Waals surface area contributed by atoms with Crippen LogP contribution in [0.4, 0.5) is 5.95 Å². The van der Waals surface area contributed by atoms with E-state index < -0.39 is 36.2 Å². The summed E-state index contributed by atoms with van der Waals surface area (Å²) in [7, 11) is 0. The monoisotopic (exact) mass is 427 g/mol. The molecule has 0 amide bonds. The van der Waals surface area contributed by atoms with Gasteiger partial charge in [-0.2, -0.15) is 9.97 Å². The minimum atomic E-state index is -0.914. The predicted molar refractivity (Wildman–Crippen MR) is 96.6 cm³/mol. The van der Waals surface area contributed by atoms with Crippen molar-refractivity contribution < 1.29 is 33.3 Å². The fraction of sp³-hybridized carbons (Fsp3) is 0.500. The quantitative estimate of drug-likeness (QED) is 0.371. The first kappa shape index (κ1) is 20.7. The molecule has 12 nitrogen and oxygen atoms in total. The molecule has 0 saturated carbocycles. The number of halogens is 1. The summed E-state index contributed by atoms with van der Waals surface area (Å²) in [5.74, 6) is -1.82. The molecule has 13 heteroatoms. The van der Waals surface area contributed by atoms with E-state index >= 15 is 0 Å². The van der Waals surface area contributed by atoms with Crippen molar-refractivity contribution in [2.75, 3.05) is 18.9 Å². The van der Waals surface area contributed by atoms with E-state index in [1.165, 1.54) is 24.7 Å². The van der Waals surface area contributed by atoms with Crippen LogP contribution < -0.4 is 5.73 Å². The number of nitrogens with two attached hydrogens (primary N) is 1. The Balaban J connectivity index is 1.69. The van der Waals surface area contributed by atoms with E-state index in [1.807, 2.05) is 0 Å². The first-order valence-electron chi connectivity index (χ1n) is 8.50. The van der Waals surface area contributed by atoms with E-state index in [2.05, 4.69) is 15.0 Å². The SMILES string of the molecule is CC(=O)OC[C@H]1OC[C@@H](OC(=O)Cn2cnc3c(Cl)nc(N)nc32)[C@@H]1OC(C)=O. The van der Waals surface area contributed by atoms with Crippen molar-refractivity contribution in [2.45, 2.75) is 38.7 Å². The average Bonchev–Trinajstić information content (AvgIpc) is 3.18. The zero-order valence-electron chi connectivity index (χ0n) is 15.5. The Morgan fingerprint density at radius 1 is 1.28 bits per heavy atom. The van der Waals surface area contributed by atoms with E-state index in [1.54, 1.807) is 0 Å². The maximum absolute atomic E-state index is 12.4. The van der Waals surface area contributed by atoms with Gasteiger partial charge in [-0.1, -0.05) is 11.6 Å². The van der Waals surface area contributed by atoms with Gasteiger partial charge in [-0.25, -0.2) is 4.98 Å². The average molecular weight is 428 g/mol. The number of ether oxygens (including phenoxy) is 4. The van der Waals surface area contributed by atoms with Crippen LogP contribution in [0.2, 0.25) is 5.15 Å². The number of aromatic nitrogens is 4. The molecule has 0 aliphatic carbocycles. The van der Waals surface area contributed by atoms with Crippen LogP contribution in [0.25, 0.3) is 11.2 Å². The number of carbonyl (C=O) groups is 3. The first-order chi connectivity index (χ1) is 13.7. The first-order valence-corrected chi connectivity index (χ1v) is 8.88. The smallest absolute Gasteiger partial charge is 0.326 e. The van der Waals surface area contributed by atoms with Gasteiger partial charge in [0.05, 0.1) is 12.9 Å². The van der Waals surface area contributed by atoms with Crippen molar-refractivity contribution in [1.29, 1.82) is 0 Å². The summed E-state index contributed by atoms with van der Waals surface area (Å²) in [6.45, 7) is 2.04. The van der Waals surface area contributed by atoms with E-state index in [0.717, 1.165) is 0 Å². The van der Waals surface area contributed by atoms with Gasteiger partial charge in [-0.05, 0) is 0 Å². The lowest BCUT2D eigenvalue weighted by molar-refractivity contribution is -0.166. The molecule has 0 aromatic carbocycles. The number of fused-ring (bicyclic) bond motifs is 1. The summed E-state index contributed by atoms with van der Waals surface area (Å²) in [6.07, 6.45) is -1.18. The standard InChI is InChI=1S/C16H18ClN5O7/c1-7(23)26-4-9-13(28-8(2)24)10(5-27-9)29-11(25)3-22-6-19-12-14(17)20-16(18)21-15(12)22/h6,9-10,13H,3-5H2,1-2H3,(H2,18,20,21)/t9-,10-,13-/m1/s1. The summed E-state index contributed by atoms with van der Waals surface area (Å²) in [4.78, 5) is 46.7. The molecule has 3 rings (SSSR count). The molecule has 0 radical (unpaired) electrons. The van der Waals surface area contributed by atoms with Gasteiger partial charge in [0.1, 0.15) is 24.8 Å². The molecule has 1 aliphatic heterocycles. The Bertz CT molecular complexity index is 949. The number of esters is 3. The van der Waals surface area contributed by atoms with Crippen LogP contribution in [0.3, 0.4) is 0 Å². The third-order valence-electron chi connectivity index (χ3n) is 3.98. The molecule has 3 heterocycles. The highest BCUT2D eigenvalue weighted by atomic mass is 35.5. The zero-order valence-corrected chi connectivity index (χ0v) is 16.3. The summed E-state index contributed by atoms with van der Waals surface area (Å²) < 4.78 is 22.4. The number of nitrogens with zero attached hydrogens (tertiary/aromatic N) is 4. The van der Waals surface area contributed by atoms with E-state index in [-0.39, 0.29) is 42.0 Å². The predicted octanol–water partition coefficient (Wildman–Crippen LogP) is -0.133. The number of carbonyl (C=O) groups excluding carboxylic acids is 3. The molecule has 2 aromatic heterocycles. The molecule has 0 spiro atoms. The minimum absolute atomic E-state index is 0.0265. The van der Waals surface area contributed by atoms with Crippen LogP contribution in [-0.4, -0.2) is 69.0 Å². The molecule has 0 unspecified atom stereocenters. The molecule has 2 aromatic rings. The maximum Gasteiger partial charge on any atom is 0.326 e. The zero-order chi connectivity index (χ0) is 21.1. The van der Waals surface area contributed by atoms with Gasteiger partial charge in [0.25, 0.3) is 0 Å². The van der Waals surface area contributed by atoms with Crippen LogP contribution in [0, 0.1) is 0 Å². The number of nitrogen functional groups attached to an aromatic ring is 1. The second-order valence-corrected chi connectivity index (χ2v) is 6.55. The highest BCUT2D eigenvalue weighted by molar-refractivity contribution is 6.33. The van der Waals surface area contributed by atoms with E-state index in [9.17, 15) is 14.4 Å². The highest BCUT2D eigenvalue weighted by Crippen LogP contribution is 2.23. The summed E-state index contributed by atoms with van der Waals surface area (Å²) in [5, 5.41) is 0.0621. The van der Waals surface area contributed by atoms with Crippen LogP contribution in [0.1, 0.15) is 13.8 Å². The molecule has 2 N–H and O–H groups in total. The Labute approximate surface area is 169 Å². The Morgan fingerprint density at radius 3 is 2.72 bits per heavy atom. The van der Waals surface area contributed by atoms with Gasteiger partial charge in [0, 0.05) is 13.8 Å². The molecule has 1 saturated heterocycles. The number of hydrogen-bond donors (Lipinski definition) is 1. The molecule has 1 fully saturated rings. The topological polar surface area (TPSA) is 158 Å². The number of imidazole rings is 1. The van der Waals surface area contributed by atoms with Crippen molar-refractivity contribution in [1.82, 2.24) is 19.5 Å². The van der Waals surface area contributed by atoms with Crippen molar-refractivity contribution in [3.05, 3.63) is 11.5 Å². The summed E-state index contributed by atoms with van der Waals surface area (Å²) in [5.41, 5.74) is 6.14. The van der Waals surface area contributed by atoms with Crippen molar-refractivity contribution >= 4 is 46.6 Å². The van der Waals surface area contributed by atoms with E-state index in [4.69, 9.17) is 36.3 Å². The summed E-state index contributed by atoms with van der Waals surface area (Å²) in [6, 6.07) is 0. The molecule has 3 atom stereocenters. The van der Waals surface area contributed by atoms with Gasteiger partial charge in [-0.15, -0.1) is 0 Å². The van der Waals surface area contributed by atoms with Crippen LogP contribution in [0.15, 0.2) is 6.33 Å². The van der Waals surface area contributed by atoms with Gasteiger partial charge in [0.15, 0.2) is 23.0 Å². The molecule has 29 heavy (non-hydrogen) atoms. The lowest BCUT2D eigenvalue weighted by Crippen LogP contribution is -2.40. The number of anilines is 1. The maximum atomic E-state index is 12.4. The number of rotatable bonds is 6. The fourth-order valence-corrected chi connectivity index (χ4v) is 3.04. The third kappa shape index (κ3) is 4.90. The minimum Gasteiger partial charge on any atom is -0.463 e. The Hall–Kier alpha value is -2.99. The molecule has 0 bridgehead atoms. The largest absolute Gasteiger partial charge is 0.463 e.